The minimum absolute atomic E-state index is 0.0123. The Morgan fingerprint density at radius 2 is 2.07 bits per heavy atom. The number of aromatic nitrogens is 2. The Bertz CT molecular complexity index is 1180. The van der Waals surface area contributed by atoms with E-state index in [4.69, 9.17) is 4.74 Å². The number of nitro benzene ring substituents is 1. The van der Waals surface area contributed by atoms with Crippen molar-refractivity contribution in [3.8, 4) is 5.75 Å². The zero-order valence-corrected chi connectivity index (χ0v) is 14.4. The Kier molecular flexibility index (Phi) is 3.88. The summed E-state index contributed by atoms with van der Waals surface area (Å²) in [4.78, 5) is 30.0. The lowest BCUT2D eigenvalue weighted by molar-refractivity contribution is -0.383. The van der Waals surface area contributed by atoms with E-state index in [9.17, 15) is 20.0 Å². The molecular formula is C19H15N3O5. The van der Waals surface area contributed by atoms with E-state index < -0.39 is 10.5 Å². The third-order valence-corrected chi connectivity index (χ3v) is 4.69. The normalized spacial score (nSPS) is 13.5. The van der Waals surface area contributed by atoms with E-state index in [1.54, 1.807) is 25.3 Å². The molecule has 0 saturated heterocycles. The van der Waals surface area contributed by atoms with Crippen molar-refractivity contribution < 1.29 is 14.8 Å². The molecule has 0 unspecified atom stereocenters. The Balaban J connectivity index is 1.90. The molecule has 27 heavy (non-hydrogen) atoms. The molecule has 3 aromatic rings. The number of para-hydroxylation sites is 1. The number of aryl methyl sites for hydroxylation is 1. The predicted molar refractivity (Wildman–Crippen MR) is 99.8 cm³/mol. The zero-order valence-electron chi connectivity index (χ0n) is 14.4. The van der Waals surface area contributed by atoms with Gasteiger partial charge in [-0.25, -0.2) is 4.98 Å². The number of hydrogen-bond acceptors (Lipinski definition) is 6. The highest BCUT2D eigenvalue weighted by atomic mass is 16.6. The molecule has 8 heteroatoms. The summed E-state index contributed by atoms with van der Waals surface area (Å²) in [5, 5.41) is 21.9. The second-order valence-electron chi connectivity index (χ2n) is 6.19. The molecule has 0 radical (unpaired) electrons. The van der Waals surface area contributed by atoms with Crippen LogP contribution < -0.4 is 10.3 Å². The van der Waals surface area contributed by atoms with Crippen LogP contribution in [0.25, 0.3) is 22.4 Å². The lowest BCUT2D eigenvalue weighted by Gasteiger charge is -2.20. The maximum absolute atomic E-state index is 12.6. The maximum atomic E-state index is 12.6. The maximum Gasteiger partial charge on any atom is 0.295 e. The van der Waals surface area contributed by atoms with Crippen molar-refractivity contribution in [3.63, 3.8) is 0 Å². The van der Waals surface area contributed by atoms with Crippen LogP contribution in [-0.4, -0.2) is 27.1 Å². The largest absolute Gasteiger partial charge is 0.507 e. The van der Waals surface area contributed by atoms with Gasteiger partial charge in [-0.1, -0.05) is 6.07 Å². The number of non-ortho nitro benzene ring substituents is 1. The minimum atomic E-state index is -0.574. The molecule has 0 aliphatic heterocycles. The molecule has 0 fully saturated rings. The van der Waals surface area contributed by atoms with Crippen LogP contribution in [0, 0.1) is 10.1 Å². The highest BCUT2D eigenvalue weighted by Crippen LogP contribution is 2.35. The van der Waals surface area contributed by atoms with E-state index in [2.05, 4.69) is 9.97 Å². The zero-order chi connectivity index (χ0) is 19.1. The van der Waals surface area contributed by atoms with Gasteiger partial charge in [0.1, 0.15) is 22.7 Å². The van der Waals surface area contributed by atoms with E-state index in [1.807, 2.05) is 6.07 Å². The summed E-state index contributed by atoms with van der Waals surface area (Å²) in [6.45, 7) is 0. The van der Waals surface area contributed by atoms with Gasteiger partial charge in [0, 0.05) is 17.2 Å². The first kappa shape index (κ1) is 16.8. The first-order valence-electron chi connectivity index (χ1n) is 8.27. The number of hydrogen-bond donors (Lipinski definition) is 2. The third-order valence-electron chi connectivity index (χ3n) is 4.69. The Morgan fingerprint density at radius 3 is 2.81 bits per heavy atom. The molecule has 0 spiro atoms. The first-order chi connectivity index (χ1) is 13.0. The number of nitrogens with one attached hydrogen (secondary N) is 1. The van der Waals surface area contributed by atoms with Gasteiger partial charge in [-0.15, -0.1) is 0 Å². The van der Waals surface area contributed by atoms with Gasteiger partial charge in [0.2, 0.25) is 0 Å². The van der Waals surface area contributed by atoms with Gasteiger partial charge < -0.3 is 14.8 Å². The van der Waals surface area contributed by atoms with Crippen LogP contribution in [0.3, 0.4) is 0 Å². The lowest BCUT2D eigenvalue weighted by atomic mass is 9.89. The number of methoxy groups -OCH3 is 1. The topological polar surface area (TPSA) is 118 Å². The average Bonchev–Trinajstić information content (AvgIpc) is 2.67. The Morgan fingerprint density at radius 1 is 1.26 bits per heavy atom. The van der Waals surface area contributed by atoms with Gasteiger partial charge in [0.15, 0.2) is 0 Å². The van der Waals surface area contributed by atoms with Crippen LogP contribution in [0.2, 0.25) is 0 Å². The summed E-state index contributed by atoms with van der Waals surface area (Å²) < 4.78 is 5.20. The number of nitrogens with zero attached hydrogens (tertiary/aromatic N) is 2. The fraction of sp³-hybridized carbons (Fsp3) is 0.158. The molecule has 0 amide bonds. The molecule has 0 saturated carbocycles. The van der Waals surface area contributed by atoms with Crippen LogP contribution in [0.1, 0.15) is 23.2 Å². The highest BCUT2D eigenvalue weighted by molar-refractivity contribution is 5.91. The molecular weight excluding hydrogens is 350 g/mol. The monoisotopic (exact) mass is 365 g/mol. The highest BCUT2D eigenvalue weighted by Gasteiger charge is 2.24. The van der Waals surface area contributed by atoms with E-state index >= 15 is 0 Å². The summed E-state index contributed by atoms with van der Waals surface area (Å²) in [5.41, 5.74) is 1.60. The fourth-order valence-corrected chi connectivity index (χ4v) is 3.36. The summed E-state index contributed by atoms with van der Waals surface area (Å²) in [6.07, 6.45) is 1.03. The second-order valence-corrected chi connectivity index (χ2v) is 6.19. The van der Waals surface area contributed by atoms with Crippen molar-refractivity contribution in [2.75, 3.05) is 7.11 Å². The molecule has 2 aromatic carbocycles. The number of rotatable bonds is 3. The molecule has 2 N–H and O–H groups in total. The van der Waals surface area contributed by atoms with E-state index in [0.29, 0.717) is 35.2 Å². The number of fused-ring (bicyclic) bond motifs is 2. The predicted octanol–water partition coefficient (Wildman–Crippen LogP) is 3.21. The number of aromatic amines is 1. The van der Waals surface area contributed by atoms with Gasteiger partial charge in [0.05, 0.1) is 17.5 Å². The molecule has 1 aliphatic rings. The smallest absolute Gasteiger partial charge is 0.295 e. The lowest BCUT2D eigenvalue weighted by Crippen LogP contribution is -2.18. The average molecular weight is 365 g/mol. The molecule has 0 atom stereocenters. The van der Waals surface area contributed by atoms with E-state index in [1.165, 1.54) is 12.1 Å². The second kappa shape index (κ2) is 6.24. The Labute approximate surface area is 152 Å². The van der Waals surface area contributed by atoms with Crippen LogP contribution in [0.5, 0.6) is 5.75 Å². The molecule has 1 aliphatic carbocycles. The van der Waals surface area contributed by atoms with Crippen molar-refractivity contribution in [1.29, 1.82) is 0 Å². The number of aliphatic hydroxyl groups is 1. The number of H-pyrrole nitrogens is 1. The number of allylic oxidation sites excluding steroid dienone is 1. The van der Waals surface area contributed by atoms with Gasteiger partial charge in [-0.05, 0) is 42.7 Å². The van der Waals surface area contributed by atoms with Crippen molar-refractivity contribution in [2.24, 2.45) is 0 Å². The Hall–Kier alpha value is -3.68. The molecule has 1 aromatic heterocycles. The van der Waals surface area contributed by atoms with Crippen LogP contribution in [0.4, 0.5) is 5.69 Å². The molecule has 1 heterocycles. The number of aliphatic hydroxyl groups excluding tert-OH is 1. The van der Waals surface area contributed by atoms with E-state index in [-0.39, 0.29) is 22.7 Å². The van der Waals surface area contributed by atoms with Gasteiger partial charge in [-0.2, -0.15) is 0 Å². The summed E-state index contributed by atoms with van der Waals surface area (Å²) in [7, 11) is 1.57. The number of nitro groups is 1. The fourth-order valence-electron chi connectivity index (χ4n) is 3.36. The molecule has 136 valence electrons. The van der Waals surface area contributed by atoms with Gasteiger partial charge in [0.25, 0.3) is 11.2 Å². The van der Waals surface area contributed by atoms with Crippen LogP contribution >= 0.6 is 0 Å². The molecule has 0 bridgehead atoms. The molecule has 8 nitrogen and oxygen atoms in total. The SMILES string of the molecule is COc1ccc2c(c1)CCC(c1nc3cccc([N+](=O)[O-])c3[nH]c1=O)=C2O. The van der Waals surface area contributed by atoms with Crippen molar-refractivity contribution in [1.82, 2.24) is 9.97 Å². The van der Waals surface area contributed by atoms with Gasteiger partial charge in [-0.3, -0.25) is 14.9 Å². The van der Waals surface area contributed by atoms with Crippen molar-refractivity contribution in [3.05, 3.63) is 73.7 Å². The number of ether oxygens (including phenoxy) is 1. The minimum Gasteiger partial charge on any atom is -0.507 e. The van der Waals surface area contributed by atoms with Crippen LogP contribution in [0.15, 0.2) is 41.2 Å². The van der Waals surface area contributed by atoms with Gasteiger partial charge >= 0.3 is 0 Å². The summed E-state index contributed by atoms with van der Waals surface area (Å²) in [5.74, 6) is 0.681. The summed E-state index contributed by atoms with van der Waals surface area (Å²) in [6, 6.07) is 9.72. The van der Waals surface area contributed by atoms with Crippen molar-refractivity contribution >= 4 is 28.1 Å². The quantitative estimate of drug-likeness (QED) is 0.543. The van der Waals surface area contributed by atoms with Crippen LogP contribution in [-0.2, 0) is 6.42 Å². The standard InChI is InChI=1S/C19H15N3O5/c1-27-11-6-8-12-10(9-11)5-7-13(18(12)23)16-19(24)21-17-14(20-16)3-2-4-15(17)22(25)26/h2-4,6,8-9,23H,5,7H2,1H3,(H,21,24). The third kappa shape index (κ3) is 2.71. The number of benzene rings is 2. The van der Waals surface area contributed by atoms with E-state index in [0.717, 1.165) is 5.56 Å². The summed E-state index contributed by atoms with van der Waals surface area (Å²) >= 11 is 0. The first-order valence-corrected chi connectivity index (χ1v) is 8.27. The molecule has 4 rings (SSSR count). The van der Waals surface area contributed by atoms with Crippen molar-refractivity contribution in [2.45, 2.75) is 12.8 Å².